The first-order valence-electron chi connectivity index (χ1n) is 7.23. The third-order valence-electron chi connectivity index (χ3n) is 4.14. The molecule has 3 heterocycles. The molecule has 8 heteroatoms. The van der Waals surface area contributed by atoms with Gasteiger partial charge in [-0.25, -0.2) is 10.2 Å². The Morgan fingerprint density at radius 3 is 2.52 bits per heavy atom. The standard InChI is InChI=1S/C13H18N4O4/c18-11-2-1-10(14-15-11)12(19)16-5-3-9(4-6-16)17-7-8-21-13(17)20/h9H,1-8H2,(H,15,18). The van der Waals surface area contributed by atoms with Crippen molar-refractivity contribution in [2.45, 2.75) is 31.7 Å². The van der Waals surface area contributed by atoms with Crippen LogP contribution < -0.4 is 5.43 Å². The Labute approximate surface area is 122 Å². The van der Waals surface area contributed by atoms with Crippen LogP contribution in [0.5, 0.6) is 0 Å². The van der Waals surface area contributed by atoms with Crippen LogP contribution in [0, 0.1) is 0 Å². The van der Waals surface area contributed by atoms with Crippen LogP contribution >= 0.6 is 0 Å². The van der Waals surface area contributed by atoms with Gasteiger partial charge in [0.05, 0.1) is 6.54 Å². The second kappa shape index (κ2) is 5.71. The lowest BCUT2D eigenvalue weighted by atomic mass is 10.0. The maximum Gasteiger partial charge on any atom is 0.410 e. The number of rotatable bonds is 2. The summed E-state index contributed by atoms with van der Waals surface area (Å²) in [6, 6.07) is 0.150. The zero-order valence-corrected chi connectivity index (χ0v) is 11.7. The van der Waals surface area contributed by atoms with Gasteiger partial charge in [0.2, 0.25) is 5.91 Å². The van der Waals surface area contributed by atoms with Gasteiger partial charge in [-0.1, -0.05) is 0 Å². The average molecular weight is 294 g/mol. The lowest BCUT2D eigenvalue weighted by Gasteiger charge is -2.35. The number of hydrazone groups is 1. The van der Waals surface area contributed by atoms with E-state index >= 15 is 0 Å². The van der Waals surface area contributed by atoms with Crippen molar-refractivity contribution < 1.29 is 19.1 Å². The monoisotopic (exact) mass is 294 g/mol. The number of nitrogens with one attached hydrogen (secondary N) is 1. The van der Waals surface area contributed by atoms with E-state index in [1.54, 1.807) is 9.80 Å². The molecule has 0 saturated carbocycles. The van der Waals surface area contributed by atoms with Crippen LogP contribution in [0.15, 0.2) is 5.10 Å². The third kappa shape index (κ3) is 2.84. The lowest BCUT2D eigenvalue weighted by Crippen LogP contribution is -2.49. The van der Waals surface area contributed by atoms with Crippen LogP contribution in [0.1, 0.15) is 25.7 Å². The van der Waals surface area contributed by atoms with Gasteiger partial charge in [0, 0.05) is 32.0 Å². The summed E-state index contributed by atoms with van der Waals surface area (Å²) in [4.78, 5) is 38.4. The van der Waals surface area contributed by atoms with E-state index in [0.717, 1.165) is 12.8 Å². The Balaban J connectivity index is 1.54. The summed E-state index contributed by atoms with van der Waals surface area (Å²) in [6.07, 6.45) is 1.95. The highest BCUT2D eigenvalue weighted by Crippen LogP contribution is 2.20. The second-order valence-electron chi connectivity index (χ2n) is 5.42. The van der Waals surface area contributed by atoms with Crippen molar-refractivity contribution in [2.24, 2.45) is 5.10 Å². The molecule has 3 aliphatic rings. The van der Waals surface area contributed by atoms with Gasteiger partial charge in [-0.3, -0.25) is 9.59 Å². The van der Waals surface area contributed by atoms with Crippen molar-refractivity contribution in [3.63, 3.8) is 0 Å². The Hall–Kier alpha value is -2.12. The van der Waals surface area contributed by atoms with E-state index in [-0.39, 0.29) is 23.9 Å². The lowest BCUT2D eigenvalue weighted by molar-refractivity contribution is -0.125. The molecule has 0 aliphatic carbocycles. The molecule has 0 spiro atoms. The van der Waals surface area contributed by atoms with Crippen LogP contribution in [-0.2, 0) is 14.3 Å². The van der Waals surface area contributed by atoms with Gasteiger partial charge in [0.15, 0.2) is 0 Å². The van der Waals surface area contributed by atoms with E-state index in [0.29, 0.717) is 44.8 Å². The van der Waals surface area contributed by atoms with Crippen LogP contribution in [0.4, 0.5) is 4.79 Å². The topological polar surface area (TPSA) is 91.3 Å². The SMILES string of the molecule is O=C1CCC(C(=O)N2CCC(N3CCOC3=O)CC2)=NN1. The largest absolute Gasteiger partial charge is 0.448 e. The quantitative estimate of drug-likeness (QED) is 0.756. The highest BCUT2D eigenvalue weighted by molar-refractivity contribution is 6.39. The molecule has 1 N–H and O–H groups in total. The number of cyclic esters (lactones) is 1. The number of carbonyl (C=O) groups is 3. The summed E-state index contributed by atoms with van der Waals surface area (Å²) in [5.41, 5.74) is 2.75. The van der Waals surface area contributed by atoms with E-state index in [2.05, 4.69) is 10.5 Å². The smallest absolute Gasteiger partial charge is 0.410 e. The van der Waals surface area contributed by atoms with Crippen molar-refractivity contribution in [3.8, 4) is 0 Å². The summed E-state index contributed by atoms with van der Waals surface area (Å²) < 4.78 is 4.95. The molecule has 0 bridgehead atoms. The zero-order chi connectivity index (χ0) is 14.8. The van der Waals surface area contributed by atoms with Gasteiger partial charge >= 0.3 is 6.09 Å². The maximum absolute atomic E-state index is 12.3. The number of hydrogen-bond acceptors (Lipinski definition) is 5. The van der Waals surface area contributed by atoms with Gasteiger partial charge in [-0.15, -0.1) is 0 Å². The summed E-state index contributed by atoms with van der Waals surface area (Å²) in [5.74, 6) is -0.268. The van der Waals surface area contributed by atoms with Crippen LogP contribution in [0.25, 0.3) is 0 Å². The molecular weight excluding hydrogens is 276 g/mol. The molecule has 21 heavy (non-hydrogen) atoms. The third-order valence-corrected chi connectivity index (χ3v) is 4.14. The first-order chi connectivity index (χ1) is 10.1. The fourth-order valence-corrected chi connectivity index (χ4v) is 2.93. The molecule has 0 aromatic heterocycles. The molecule has 0 atom stereocenters. The maximum atomic E-state index is 12.3. The molecule has 8 nitrogen and oxygen atoms in total. The predicted octanol–water partition coefficient (Wildman–Crippen LogP) is -0.304. The normalized spacial score (nSPS) is 23.7. The number of nitrogens with zero attached hydrogens (tertiary/aromatic N) is 3. The van der Waals surface area contributed by atoms with Gasteiger partial charge in [-0.05, 0) is 12.8 Å². The minimum absolute atomic E-state index is 0.113. The van der Waals surface area contributed by atoms with Crippen molar-refractivity contribution in [3.05, 3.63) is 0 Å². The number of ether oxygens (including phenoxy) is 1. The van der Waals surface area contributed by atoms with Gasteiger partial charge < -0.3 is 14.5 Å². The van der Waals surface area contributed by atoms with E-state index in [1.165, 1.54) is 0 Å². The zero-order valence-electron chi connectivity index (χ0n) is 11.7. The van der Waals surface area contributed by atoms with Crippen molar-refractivity contribution in [1.82, 2.24) is 15.2 Å². The molecule has 3 aliphatic heterocycles. The summed E-state index contributed by atoms with van der Waals surface area (Å²) >= 11 is 0. The predicted molar refractivity (Wildman–Crippen MR) is 72.5 cm³/mol. The Kier molecular flexibility index (Phi) is 3.76. The molecule has 3 amide bonds. The van der Waals surface area contributed by atoms with Crippen LogP contribution in [0.3, 0.4) is 0 Å². The molecule has 0 unspecified atom stereocenters. The Bertz CT molecular complexity index is 496. The fraction of sp³-hybridized carbons (Fsp3) is 0.692. The summed E-state index contributed by atoms with van der Waals surface area (Å²) in [6.45, 7) is 2.28. The first kappa shape index (κ1) is 13.8. The van der Waals surface area contributed by atoms with Crippen LogP contribution in [0.2, 0.25) is 0 Å². The number of hydrogen-bond donors (Lipinski definition) is 1. The first-order valence-corrected chi connectivity index (χ1v) is 7.23. The minimum atomic E-state index is -0.251. The molecule has 0 aromatic carbocycles. The minimum Gasteiger partial charge on any atom is -0.448 e. The molecule has 0 radical (unpaired) electrons. The van der Waals surface area contributed by atoms with Crippen molar-refractivity contribution >= 4 is 23.6 Å². The number of carbonyl (C=O) groups excluding carboxylic acids is 3. The highest BCUT2D eigenvalue weighted by Gasteiger charge is 2.34. The van der Waals surface area contributed by atoms with E-state index in [4.69, 9.17) is 4.74 Å². The fourth-order valence-electron chi connectivity index (χ4n) is 2.93. The number of amides is 3. The number of likely N-dealkylation sites (tertiary alicyclic amines) is 1. The van der Waals surface area contributed by atoms with E-state index < -0.39 is 0 Å². The van der Waals surface area contributed by atoms with Gasteiger partial charge in [0.1, 0.15) is 12.3 Å². The van der Waals surface area contributed by atoms with Crippen molar-refractivity contribution in [2.75, 3.05) is 26.2 Å². The molecule has 0 aromatic rings. The number of piperidine rings is 1. The van der Waals surface area contributed by atoms with Gasteiger partial charge in [0.25, 0.3) is 5.91 Å². The Morgan fingerprint density at radius 1 is 1.19 bits per heavy atom. The van der Waals surface area contributed by atoms with Gasteiger partial charge in [-0.2, -0.15) is 5.10 Å². The van der Waals surface area contributed by atoms with E-state index in [9.17, 15) is 14.4 Å². The summed E-state index contributed by atoms with van der Waals surface area (Å²) in [7, 11) is 0. The van der Waals surface area contributed by atoms with Crippen molar-refractivity contribution in [1.29, 1.82) is 0 Å². The molecule has 3 rings (SSSR count). The second-order valence-corrected chi connectivity index (χ2v) is 5.42. The Morgan fingerprint density at radius 2 is 1.95 bits per heavy atom. The highest BCUT2D eigenvalue weighted by atomic mass is 16.6. The molecular formula is C13H18N4O4. The molecule has 2 fully saturated rings. The molecule has 114 valence electrons. The molecule has 2 saturated heterocycles. The average Bonchev–Trinajstić information content (AvgIpc) is 2.94. The van der Waals surface area contributed by atoms with E-state index in [1.807, 2.05) is 0 Å². The summed E-state index contributed by atoms with van der Waals surface area (Å²) in [5, 5.41) is 3.84. The van der Waals surface area contributed by atoms with Crippen LogP contribution in [-0.4, -0.2) is 65.7 Å².